The summed E-state index contributed by atoms with van der Waals surface area (Å²) in [6.45, 7) is 1.98. The van der Waals surface area contributed by atoms with Gasteiger partial charge in [-0.25, -0.2) is 0 Å². The molecular formula is C8H7BrN2O. The lowest BCUT2D eigenvalue weighted by Gasteiger charge is -1.94. The van der Waals surface area contributed by atoms with Crippen molar-refractivity contribution < 1.29 is 0 Å². The van der Waals surface area contributed by atoms with E-state index in [4.69, 9.17) is 0 Å². The van der Waals surface area contributed by atoms with Gasteiger partial charge >= 0.3 is 0 Å². The van der Waals surface area contributed by atoms with E-state index in [1.165, 1.54) is 0 Å². The maximum absolute atomic E-state index is 11.2. The third kappa shape index (κ3) is 0.992. The van der Waals surface area contributed by atoms with Gasteiger partial charge in [0.05, 0.1) is 10.9 Å². The second kappa shape index (κ2) is 2.48. The Morgan fingerprint density at radius 2 is 2.08 bits per heavy atom. The van der Waals surface area contributed by atoms with Crippen LogP contribution in [-0.4, -0.2) is 10.2 Å². The van der Waals surface area contributed by atoms with Gasteiger partial charge in [-0.3, -0.25) is 15.0 Å². The molecule has 0 radical (unpaired) electrons. The molecular weight excluding hydrogens is 220 g/mol. The Morgan fingerprint density at radius 3 is 2.83 bits per heavy atom. The predicted octanol–water partition coefficient (Wildman–Crippen LogP) is 1.93. The molecule has 0 spiro atoms. The normalized spacial score (nSPS) is 10.8. The van der Waals surface area contributed by atoms with Gasteiger partial charge in [-0.15, -0.1) is 0 Å². The molecule has 1 heterocycles. The molecule has 0 unspecified atom stereocenters. The van der Waals surface area contributed by atoms with Crippen LogP contribution in [-0.2, 0) is 0 Å². The zero-order valence-corrected chi connectivity index (χ0v) is 8.03. The van der Waals surface area contributed by atoms with Crippen molar-refractivity contribution in [2.45, 2.75) is 6.92 Å². The summed E-state index contributed by atoms with van der Waals surface area (Å²) in [4.78, 5) is 11.2. The minimum absolute atomic E-state index is 0.0862. The molecule has 12 heavy (non-hydrogen) atoms. The number of hydrogen-bond acceptors (Lipinski definition) is 1. The fourth-order valence-corrected chi connectivity index (χ4v) is 2.01. The highest BCUT2D eigenvalue weighted by atomic mass is 79.9. The van der Waals surface area contributed by atoms with Crippen LogP contribution in [0.25, 0.3) is 10.9 Å². The Labute approximate surface area is 76.9 Å². The maximum Gasteiger partial charge on any atom is 0.272 e. The van der Waals surface area contributed by atoms with E-state index in [0.717, 1.165) is 15.6 Å². The molecule has 0 saturated carbocycles. The predicted molar refractivity (Wildman–Crippen MR) is 51.4 cm³/mol. The van der Waals surface area contributed by atoms with Crippen molar-refractivity contribution in [2.24, 2.45) is 0 Å². The van der Waals surface area contributed by atoms with Gasteiger partial charge in [0.2, 0.25) is 0 Å². The number of nitrogens with one attached hydrogen (secondary N) is 2. The van der Waals surface area contributed by atoms with Gasteiger partial charge in [-0.05, 0) is 40.5 Å². The summed E-state index contributed by atoms with van der Waals surface area (Å²) in [5, 5.41) is 6.02. The molecule has 1 aromatic carbocycles. The average Bonchev–Trinajstić information content (AvgIpc) is 2.31. The first-order valence-electron chi connectivity index (χ1n) is 3.55. The van der Waals surface area contributed by atoms with Crippen molar-refractivity contribution in [3.8, 4) is 0 Å². The molecule has 62 valence electrons. The van der Waals surface area contributed by atoms with Gasteiger partial charge in [0.15, 0.2) is 0 Å². The third-order valence-electron chi connectivity index (χ3n) is 1.77. The van der Waals surface area contributed by atoms with E-state index < -0.39 is 0 Å². The minimum atomic E-state index is -0.0862. The fourth-order valence-electron chi connectivity index (χ4n) is 1.26. The van der Waals surface area contributed by atoms with Gasteiger partial charge in [0, 0.05) is 4.47 Å². The Balaban J connectivity index is 3.03. The van der Waals surface area contributed by atoms with Gasteiger partial charge in [-0.2, -0.15) is 0 Å². The summed E-state index contributed by atoms with van der Waals surface area (Å²) in [5.74, 6) is 0. The lowest BCUT2D eigenvalue weighted by molar-refractivity contribution is 1.08. The smallest absolute Gasteiger partial charge is 0.272 e. The number of aryl methyl sites for hydroxylation is 1. The average molecular weight is 227 g/mol. The van der Waals surface area contributed by atoms with Crippen LogP contribution in [0.1, 0.15) is 5.56 Å². The molecule has 0 aliphatic heterocycles. The van der Waals surface area contributed by atoms with Crippen LogP contribution < -0.4 is 5.56 Å². The number of aromatic amines is 2. The van der Waals surface area contributed by atoms with Crippen molar-refractivity contribution in [2.75, 3.05) is 0 Å². The molecule has 3 nitrogen and oxygen atoms in total. The highest BCUT2D eigenvalue weighted by molar-refractivity contribution is 9.10. The third-order valence-corrected chi connectivity index (χ3v) is 2.40. The molecule has 0 saturated heterocycles. The van der Waals surface area contributed by atoms with E-state index in [1.807, 2.05) is 19.1 Å². The molecule has 1 aromatic heterocycles. The maximum atomic E-state index is 11.2. The van der Waals surface area contributed by atoms with Crippen molar-refractivity contribution in [1.29, 1.82) is 0 Å². The summed E-state index contributed by atoms with van der Waals surface area (Å²) in [6, 6.07) is 3.85. The van der Waals surface area contributed by atoms with Crippen LogP contribution in [0.3, 0.4) is 0 Å². The van der Waals surface area contributed by atoms with Crippen LogP contribution in [0.5, 0.6) is 0 Å². The standard InChI is InChI=1S/C8H7BrN2O/c1-4-2-5(9)7-6(3-4)10-11-8(7)12/h2-3H,1H3,(H2,10,11,12). The largest absolute Gasteiger partial charge is 0.297 e. The highest BCUT2D eigenvalue weighted by Gasteiger charge is 2.04. The van der Waals surface area contributed by atoms with Crippen molar-refractivity contribution >= 4 is 26.8 Å². The second-order valence-corrected chi connectivity index (χ2v) is 3.60. The van der Waals surface area contributed by atoms with Crippen LogP contribution in [0.4, 0.5) is 0 Å². The van der Waals surface area contributed by atoms with Gasteiger partial charge in [0.1, 0.15) is 0 Å². The summed E-state index contributed by atoms with van der Waals surface area (Å²) >= 11 is 3.34. The first-order chi connectivity index (χ1) is 5.68. The zero-order chi connectivity index (χ0) is 8.72. The van der Waals surface area contributed by atoms with E-state index in [-0.39, 0.29) is 5.56 Å². The number of fused-ring (bicyclic) bond motifs is 1. The highest BCUT2D eigenvalue weighted by Crippen LogP contribution is 2.20. The quantitative estimate of drug-likeness (QED) is 0.709. The summed E-state index contributed by atoms with van der Waals surface area (Å²) in [5.41, 5.74) is 1.87. The molecule has 2 aromatic rings. The van der Waals surface area contributed by atoms with E-state index in [1.54, 1.807) is 0 Å². The van der Waals surface area contributed by atoms with Crippen molar-refractivity contribution in [3.05, 3.63) is 32.5 Å². The molecule has 4 heteroatoms. The molecule has 0 atom stereocenters. The van der Waals surface area contributed by atoms with Crippen LogP contribution >= 0.6 is 15.9 Å². The van der Waals surface area contributed by atoms with Crippen LogP contribution in [0.2, 0.25) is 0 Å². The monoisotopic (exact) mass is 226 g/mol. The summed E-state index contributed by atoms with van der Waals surface area (Å²) in [6.07, 6.45) is 0. The second-order valence-electron chi connectivity index (χ2n) is 2.75. The topological polar surface area (TPSA) is 48.6 Å². The number of H-pyrrole nitrogens is 2. The molecule has 2 rings (SSSR count). The SMILES string of the molecule is Cc1cc(Br)c2c(=O)[nH][nH]c2c1. The molecule has 0 bridgehead atoms. The first-order valence-corrected chi connectivity index (χ1v) is 4.34. The molecule has 0 fully saturated rings. The van der Waals surface area contributed by atoms with Gasteiger partial charge in [-0.1, -0.05) is 0 Å². The van der Waals surface area contributed by atoms with E-state index in [9.17, 15) is 4.79 Å². The van der Waals surface area contributed by atoms with Crippen molar-refractivity contribution in [3.63, 3.8) is 0 Å². The first kappa shape index (κ1) is 7.61. The molecule has 2 N–H and O–H groups in total. The molecule has 0 aliphatic rings. The van der Waals surface area contributed by atoms with Crippen molar-refractivity contribution in [1.82, 2.24) is 10.2 Å². The lowest BCUT2D eigenvalue weighted by atomic mass is 10.2. The summed E-state index contributed by atoms with van der Waals surface area (Å²) < 4.78 is 0.833. The Morgan fingerprint density at radius 1 is 1.33 bits per heavy atom. The van der Waals surface area contributed by atoms with Crippen LogP contribution in [0, 0.1) is 6.92 Å². The Kier molecular flexibility index (Phi) is 1.58. The summed E-state index contributed by atoms with van der Waals surface area (Å²) in [7, 11) is 0. The number of aromatic nitrogens is 2. The Hall–Kier alpha value is -1.03. The van der Waals surface area contributed by atoms with E-state index >= 15 is 0 Å². The number of halogens is 1. The van der Waals surface area contributed by atoms with E-state index in [0.29, 0.717) is 5.39 Å². The molecule has 0 amide bonds. The number of hydrogen-bond donors (Lipinski definition) is 2. The zero-order valence-electron chi connectivity index (χ0n) is 6.44. The van der Waals surface area contributed by atoms with Gasteiger partial charge in [0.25, 0.3) is 5.56 Å². The molecule has 0 aliphatic carbocycles. The Bertz CT molecular complexity index is 483. The number of benzene rings is 1. The van der Waals surface area contributed by atoms with Gasteiger partial charge < -0.3 is 0 Å². The van der Waals surface area contributed by atoms with Crippen LogP contribution in [0.15, 0.2) is 21.4 Å². The number of rotatable bonds is 0. The minimum Gasteiger partial charge on any atom is -0.297 e. The lowest BCUT2D eigenvalue weighted by Crippen LogP contribution is -1.97. The van der Waals surface area contributed by atoms with E-state index in [2.05, 4.69) is 26.1 Å². The fraction of sp³-hybridized carbons (Fsp3) is 0.125.